The van der Waals surface area contributed by atoms with E-state index >= 15 is 0 Å². The Labute approximate surface area is 125 Å². The summed E-state index contributed by atoms with van der Waals surface area (Å²) in [6, 6.07) is 2.95. The van der Waals surface area contributed by atoms with Crippen LogP contribution in [0.1, 0.15) is 17.5 Å². The normalized spacial score (nSPS) is 21.8. The fourth-order valence-electron chi connectivity index (χ4n) is 2.55. The standard InChI is InChI=1S/C13H20N2O4S2/c1-9-4-5-10(2)13(12(9)14)21(18,19)15(3)11-6-7-20(16,17)8-11/h4-5,11H,6-8,14H2,1-3H3. The van der Waals surface area contributed by atoms with Crippen molar-refractivity contribution in [1.82, 2.24) is 4.31 Å². The van der Waals surface area contributed by atoms with Gasteiger partial charge in [0, 0.05) is 13.1 Å². The van der Waals surface area contributed by atoms with Crippen molar-refractivity contribution in [3.8, 4) is 0 Å². The maximum atomic E-state index is 12.8. The second-order valence-corrected chi connectivity index (χ2v) is 9.68. The van der Waals surface area contributed by atoms with Gasteiger partial charge in [0.25, 0.3) is 0 Å². The van der Waals surface area contributed by atoms with Gasteiger partial charge < -0.3 is 5.73 Å². The number of aryl methyl sites for hydroxylation is 2. The topological polar surface area (TPSA) is 97.5 Å². The highest BCUT2D eigenvalue weighted by Crippen LogP contribution is 2.30. The van der Waals surface area contributed by atoms with Crippen LogP contribution < -0.4 is 5.73 Å². The average molecular weight is 332 g/mol. The number of hydrogen-bond acceptors (Lipinski definition) is 5. The third-order valence-corrected chi connectivity index (χ3v) is 7.84. The van der Waals surface area contributed by atoms with Gasteiger partial charge in [-0.1, -0.05) is 12.1 Å². The monoisotopic (exact) mass is 332 g/mol. The predicted octanol–water partition coefficient (Wildman–Crippen LogP) is 0.693. The van der Waals surface area contributed by atoms with E-state index in [1.165, 1.54) is 7.05 Å². The van der Waals surface area contributed by atoms with Crippen LogP contribution in [0.25, 0.3) is 0 Å². The summed E-state index contributed by atoms with van der Waals surface area (Å²) < 4.78 is 49.8. The molecule has 1 saturated heterocycles. The lowest BCUT2D eigenvalue weighted by molar-refractivity contribution is 0.394. The largest absolute Gasteiger partial charge is 0.397 e. The molecule has 1 aliphatic rings. The first-order chi connectivity index (χ1) is 9.56. The fourth-order valence-corrected chi connectivity index (χ4v) is 6.19. The molecule has 0 bridgehead atoms. The van der Waals surface area contributed by atoms with Gasteiger partial charge in [0.15, 0.2) is 9.84 Å². The number of sulfonamides is 1. The predicted molar refractivity (Wildman–Crippen MR) is 82.3 cm³/mol. The van der Waals surface area contributed by atoms with E-state index in [2.05, 4.69) is 0 Å². The fraction of sp³-hybridized carbons (Fsp3) is 0.538. The van der Waals surface area contributed by atoms with E-state index in [1.807, 2.05) is 0 Å². The highest BCUT2D eigenvalue weighted by molar-refractivity contribution is 7.92. The number of nitrogens with zero attached hydrogens (tertiary/aromatic N) is 1. The molecule has 1 aliphatic heterocycles. The maximum absolute atomic E-state index is 12.8. The molecule has 0 aromatic heterocycles. The van der Waals surface area contributed by atoms with E-state index in [-0.39, 0.29) is 22.1 Å². The first-order valence-corrected chi connectivity index (χ1v) is 9.86. The number of hydrogen-bond donors (Lipinski definition) is 1. The highest BCUT2D eigenvalue weighted by Gasteiger charge is 2.37. The molecule has 1 aromatic carbocycles. The molecular weight excluding hydrogens is 312 g/mol. The zero-order valence-electron chi connectivity index (χ0n) is 12.3. The summed E-state index contributed by atoms with van der Waals surface area (Å²) in [6.45, 7) is 3.43. The van der Waals surface area contributed by atoms with Crippen LogP contribution in [0.15, 0.2) is 17.0 Å². The van der Waals surface area contributed by atoms with Crippen LogP contribution in [0, 0.1) is 13.8 Å². The molecule has 0 amide bonds. The Kier molecular flexibility index (Phi) is 4.07. The summed E-state index contributed by atoms with van der Waals surface area (Å²) >= 11 is 0. The molecule has 0 spiro atoms. The Morgan fingerprint density at radius 3 is 2.33 bits per heavy atom. The zero-order valence-corrected chi connectivity index (χ0v) is 14.0. The number of sulfone groups is 1. The number of nitrogen functional groups attached to an aromatic ring is 1. The highest BCUT2D eigenvalue weighted by atomic mass is 32.2. The molecule has 21 heavy (non-hydrogen) atoms. The molecule has 1 unspecified atom stereocenters. The minimum atomic E-state index is -3.81. The van der Waals surface area contributed by atoms with Crippen molar-refractivity contribution in [1.29, 1.82) is 0 Å². The van der Waals surface area contributed by atoms with E-state index in [9.17, 15) is 16.8 Å². The number of nitrogens with two attached hydrogens (primary N) is 1. The van der Waals surface area contributed by atoms with Gasteiger partial charge in [-0.2, -0.15) is 4.31 Å². The van der Waals surface area contributed by atoms with E-state index in [0.717, 1.165) is 4.31 Å². The van der Waals surface area contributed by atoms with Crippen molar-refractivity contribution < 1.29 is 16.8 Å². The Hall–Kier alpha value is -1.12. The maximum Gasteiger partial charge on any atom is 0.245 e. The van der Waals surface area contributed by atoms with Gasteiger partial charge in [-0.15, -0.1) is 0 Å². The molecule has 2 N–H and O–H groups in total. The van der Waals surface area contributed by atoms with Crippen LogP contribution in [-0.2, 0) is 19.9 Å². The van der Waals surface area contributed by atoms with Crippen molar-refractivity contribution >= 4 is 25.5 Å². The van der Waals surface area contributed by atoms with Gasteiger partial charge in [-0.05, 0) is 31.4 Å². The summed E-state index contributed by atoms with van der Waals surface area (Å²) in [5.74, 6) is -0.104. The SMILES string of the molecule is Cc1ccc(C)c(S(=O)(=O)N(C)C2CCS(=O)(=O)C2)c1N. The average Bonchev–Trinajstić information content (AvgIpc) is 2.73. The molecule has 1 heterocycles. The van der Waals surface area contributed by atoms with Crippen LogP contribution in [0.3, 0.4) is 0 Å². The van der Waals surface area contributed by atoms with Crippen LogP contribution in [0.2, 0.25) is 0 Å². The van der Waals surface area contributed by atoms with Crippen LogP contribution in [0.5, 0.6) is 0 Å². The lowest BCUT2D eigenvalue weighted by Gasteiger charge is -2.25. The molecule has 0 saturated carbocycles. The Balaban J connectivity index is 2.46. The Morgan fingerprint density at radius 1 is 1.24 bits per heavy atom. The summed E-state index contributed by atoms with van der Waals surface area (Å²) in [5.41, 5.74) is 7.41. The minimum absolute atomic E-state index is 0.0276. The second-order valence-electron chi connectivity index (χ2n) is 5.52. The summed E-state index contributed by atoms with van der Waals surface area (Å²) in [4.78, 5) is 0.0781. The van der Waals surface area contributed by atoms with E-state index in [0.29, 0.717) is 17.5 Å². The molecule has 1 atom stereocenters. The molecule has 8 heteroatoms. The molecule has 1 fully saturated rings. The van der Waals surface area contributed by atoms with Gasteiger partial charge in [0.05, 0.1) is 17.2 Å². The Bertz CT molecular complexity index is 770. The summed E-state index contributed by atoms with van der Waals surface area (Å²) in [5, 5.41) is 0. The van der Waals surface area contributed by atoms with E-state index < -0.39 is 25.9 Å². The zero-order chi connectivity index (χ0) is 16.0. The number of benzene rings is 1. The van der Waals surface area contributed by atoms with Crippen molar-refractivity contribution in [2.24, 2.45) is 0 Å². The molecular formula is C13H20N2O4S2. The van der Waals surface area contributed by atoms with Crippen molar-refractivity contribution in [2.45, 2.75) is 31.2 Å². The molecule has 0 radical (unpaired) electrons. The van der Waals surface area contributed by atoms with E-state index in [4.69, 9.17) is 5.73 Å². The van der Waals surface area contributed by atoms with Crippen molar-refractivity contribution in [3.63, 3.8) is 0 Å². The van der Waals surface area contributed by atoms with Crippen molar-refractivity contribution in [3.05, 3.63) is 23.3 Å². The van der Waals surface area contributed by atoms with Gasteiger partial charge >= 0.3 is 0 Å². The van der Waals surface area contributed by atoms with E-state index in [1.54, 1.807) is 26.0 Å². The molecule has 6 nitrogen and oxygen atoms in total. The minimum Gasteiger partial charge on any atom is -0.397 e. The quantitative estimate of drug-likeness (QED) is 0.822. The van der Waals surface area contributed by atoms with Crippen molar-refractivity contribution in [2.75, 3.05) is 24.3 Å². The molecule has 0 aliphatic carbocycles. The van der Waals surface area contributed by atoms with Crippen LogP contribution in [-0.4, -0.2) is 45.7 Å². The summed E-state index contributed by atoms with van der Waals surface area (Å²) in [7, 11) is -5.54. The lowest BCUT2D eigenvalue weighted by Crippen LogP contribution is -2.38. The third kappa shape index (κ3) is 2.93. The van der Waals surface area contributed by atoms with Gasteiger partial charge in [-0.3, -0.25) is 0 Å². The van der Waals surface area contributed by atoms with Gasteiger partial charge in [0.1, 0.15) is 4.90 Å². The number of anilines is 1. The molecule has 2 rings (SSSR count). The second kappa shape index (κ2) is 5.26. The molecule has 118 valence electrons. The van der Waals surface area contributed by atoms with Gasteiger partial charge in [-0.25, -0.2) is 16.8 Å². The van der Waals surface area contributed by atoms with Crippen LogP contribution in [0.4, 0.5) is 5.69 Å². The first kappa shape index (κ1) is 16.3. The first-order valence-electron chi connectivity index (χ1n) is 6.60. The summed E-state index contributed by atoms with van der Waals surface area (Å²) in [6.07, 6.45) is 0.322. The molecule has 1 aromatic rings. The third-order valence-electron chi connectivity index (χ3n) is 3.97. The Morgan fingerprint density at radius 2 is 1.81 bits per heavy atom. The number of rotatable bonds is 3. The van der Waals surface area contributed by atoms with Gasteiger partial charge in [0.2, 0.25) is 10.0 Å². The smallest absolute Gasteiger partial charge is 0.245 e. The van der Waals surface area contributed by atoms with Crippen LogP contribution >= 0.6 is 0 Å². The lowest BCUT2D eigenvalue weighted by atomic mass is 10.1.